The second kappa shape index (κ2) is 5.15. The number of carboxylic acids is 1. The van der Waals surface area contributed by atoms with Crippen LogP contribution in [0.15, 0.2) is 0 Å². The largest absolute Gasteiger partial charge is 0.480 e. The van der Waals surface area contributed by atoms with E-state index >= 15 is 0 Å². The Balaban J connectivity index is 2.40. The minimum Gasteiger partial charge on any atom is -0.480 e. The van der Waals surface area contributed by atoms with Gasteiger partial charge < -0.3 is 15.6 Å². The Morgan fingerprint density at radius 2 is 1.88 bits per heavy atom. The first-order valence-corrected chi connectivity index (χ1v) is 5.95. The Morgan fingerprint density at radius 3 is 2.31 bits per heavy atom. The average Bonchev–Trinajstić information content (AvgIpc) is 2.13. The monoisotopic (exact) mass is 229 g/mol. The maximum atomic E-state index is 10.8. The van der Waals surface area contributed by atoms with E-state index in [1.165, 1.54) is 13.3 Å². The number of ether oxygens (including phenoxy) is 1. The Labute approximate surface area is 97.2 Å². The van der Waals surface area contributed by atoms with Crippen LogP contribution in [0, 0.1) is 11.8 Å². The molecule has 4 heteroatoms. The number of hydrogen-bond donors (Lipinski definition) is 2. The summed E-state index contributed by atoms with van der Waals surface area (Å²) in [6.07, 6.45) is 3.43. The van der Waals surface area contributed by atoms with Gasteiger partial charge in [0, 0.05) is 0 Å². The third-order valence-corrected chi connectivity index (χ3v) is 3.24. The van der Waals surface area contributed by atoms with Crippen LogP contribution in [0.4, 0.5) is 0 Å². The smallest absolute Gasteiger partial charge is 0.325 e. The quantitative estimate of drug-likeness (QED) is 0.768. The van der Waals surface area contributed by atoms with Crippen LogP contribution in [0.25, 0.3) is 0 Å². The van der Waals surface area contributed by atoms with Gasteiger partial charge in [-0.15, -0.1) is 0 Å². The van der Waals surface area contributed by atoms with Gasteiger partial charge in [-0.3, -0.25) is 4.79 Å². The number of aliphatic carboxylic acids is 1. The number of rotatable bonds is 4. The first kappa shape index (κ1) is 13.5. The molecular weight excluding hydrogens is 206 g/mol. The summed E-state index contributed by atoms with van der Waals surface area (Å²) in [5, 5.41) is 8.87. The summed E-state index contributed by atoms with van der Waals surface area (Å²) in [6.45, 7) is 6.01. The van der Waals surface area contributed by atoms with Crippen molar-refractivity contribution < 1.29 is 14.6 Å². The van der Waals surface area contributed by atoms with Crippen molar-refractivity contribution in [1.29, 1.82) is 0 Å². The number of carboxylic acid groups (broad SMARTS) is 1. The van der Waals surface area contributed by atoms with Crippen LogP contribution in [0.5, 0.6) is 0 Å². The number of carbonyl (C=O) groups is 1. The van der Waals surface area contributed by atoms with Gasteiger partial charge >= 0.3 is 5.97 Å². The van der Waals surface area contributed by atoms with Crippen LogP contribution in [0.2, 0.25) is 0 Å². The molecule has 94 valence electrons. The maximum absolute atomic E-state index is 10.8. The zero-order valence-electron chi connectivity index (χ0n) is 10.4. The highest BCUT2D eigenvalue weighted by Gasteiger charge is 2.31. The Morgan fingerprint density at radius 1 is 1.38 bits per heavy atom. The Kier molecular flexibility index (Phi) is 4.33. The zero-order chi connectivity index (χ0) is 12.3. The van der Waals surface area contributed by atoms with Crippen molar-refractivity contribution in [1.82, 2.24) is 0 Å². The molecule has 0 heterocycles. The van der Waals surface area contributed by atoms with Crippen molar-refractivity contribution >= 4 is 5.97 Å². The lowest BCUT2D eigenvalue weighted by Gasteiger charge is -2.33. The van der Waals surface area contributed by atoms with E-state index < -0.39 is 11.5 Å². The van der Waals surface area contributed by atoms with Crippen LogP contribution < -0.4 is 5.73 Å². The predicted octanol–water partition coefficient (Wildman–Crippen LogP) is 1.63. The van der Waals surface area contributed by atoms with Crippen molar-refractivity contribution in [2.75, 3.05) is 6.61 Å². The molecule has 1 aliphatic carbocycles. The third kappa shape index (κ3) is 3.76. The summed E-state index contributed by atoms with van der Waals surface area (Å²) in [5.41, 5.74) is 4.35. The molecule has 1 rings (SSSR count). The van der Waals surface area contributed by atoms with Gasteiger partial charge in [-0.1, -0.05) is 13.8 Å². The van der Waals surface area contributed by atoms with Gasteiger partial charge in [0.15, 0.2) is 0 Å². The molecule has 0 aromatic rings. The normalized spacial score (nSPS) is 34.4. The van der Waals surface area contributed by atoms with E-state index in [0.29, 0.717) is 11.8 Å². The van der Waals surface area contributed by atoms with Gasteiger partial charge in [-0.05, 0) is 38.0 Å². The van der Waals surface area contributed by atoms with E-state index in [1.807, 2.05) is 0 Å². The summed E-state index contributed by atoms with van der Waals surface area (Å²) < 4.78 is 5.64. The number of nitrogens with two attached hydrogens (primary N) is 1. The van der Waals surface area contributed by atoms with E-state index in [1.54, 1.807) is 0 Å². The van der Waals surface area contributed by atoms with E-state index in [0.717, 1.165) is 12.8 Å². The summed E-state index contributed by atoms with van der Waals surface area (Å²) in [7, 11) is 0. The predicted molar refractivity (Wildman–Crippen MR) is 62.1 cm³/mol. The molecule has 0 aromatic heterocycles. The minimum atomic E-state index is -1.27. The molecule has 3 unspecified atom stereocenters. The van der Waals surface area contributed by atoms with Crippen molar-refractivity contribution in [2.24, 2.45) is 17.6 Å². The Hall–Kier alpha value is -0.610. The van der Waals surface area contributed by atoms with E-state index in [-0.39, 0.29) is 12.7 Å². The molecule has 1 saturated carbocycles. The van der Waals surface area contributed by atoms with E-state index in [2.05, 4.69) is 13.8 Å². The molecule has 0 amide bonds. The lowest BCUT2D eigenvalue weighted by molar-refractivity contribution is -0.146. The number of hydrogen-bond acceptors (Lipinski definition) is 3. The molecule has 0 bridgehead atoms. The summed E-state index contributed by atoms with van der Waals surface area (Å²) in [5.74, 6) is 0.301. The van der Waals surface area contributed by atoms with Crippen molar-refractivity contribution in [3.8, 4) is 0 Å². The molecule has 1 fully saturated rings. The van der Waals surface area contributed by atoms with E-state index in [9.17, 15) is 4.79 Å². The lowest BCUT2D eigenvalue weighted by atomic mass is 9.82. The Bertz CT molecular complexity index is 243. The van der Waals surface area contributed by atoms with Crippen LogP contribution in [0.3, 0.4) is 0 Å². The molecule has 1 aliphatic rings. The first-order chi connectivity index (χ1) is 7.31. The fourth-order valence-electron chi connectivity index (χ4n) is 2.36. The topological polar surface area (TPSA) is 72.5 Å². The fraction of sp³-hybridized carbons (Fsp3) is 0.917. The molecule has 3 atom stereocenters. The highest BCUT2D eigenvalue weighted by Crippen LogP contribution is 2.30. The molecule has 0 radical (unpaired) electrons. The minimum absolute atomic E-state index is 0.0897. The summed E-state index contributed by atoms with van der Waals surface area (Å²) in [4.78, 5) is 10.8. The molecule has 0 aromatic carbocycles. The van der Waals surface area contributed by atoms with Crippen molar-refractivity contribution in [3.05, 3.63) is 0 Å². The standard InChI is InChI=1S/C12H23NO3/c1-8-4-9(2)6-10(5-8)16-7-12(3,13)11(14)15/h8-10H,4-7,13H2,1-3H3,(H,14,15). The van der Waals surface area contributed by atoms with Crippen molar-refractivity contribution in [2.45, 2.75) is 51.7 Å². The van der Waals surface area contributed by atoms with Crippen LogP contribution >= 0.6 is 0 Å². The highest BCUT2D eigenvalue weighted by atomic mass is 16.5. The molecule has 0 saturated heterocycles. The van der Waals surface area contributed by atoms with Gasteiger partial charge in [0.25, 0.3) is 0 Å². The van der Waals surface area contributed by atoms with Crippen LogP contribution in [-0.4, -0.2) is 29.3 Å². The third-order valence-electron chi connectivity index (χ3n) is 3.24. The van der Waals surface area contributed by atoms with Gasteiger partial charge in [0.05, 0.1) is 12.7 Å². The second-order valence-electron chi connectivity index (χ2n) is 5.57. The van der Waals surface area contributed by atoms with Gasteiger partial charge in [-0.25, -0.2) is 0 Å². The highest BCUT2D eigenvalue weighted by molar-refractivity contribution is 5.77. The molecule has 4 nitrogen and oxygen atoms in total. The van der Waals surface area contributed by atoms with Crippen LogP contribution in [0.1, 0.15) is 40.0 Å². The first-order valence-electron chi connectivity index (χ1n) is 5.95. The molecule has 0 spiro atoms. The average molecular weight is 229 g/mol. The van der Waals surface area contributed by atoms with Crippen molar-refractivity contribution in [3.63, 3.8) is 0 Å². The SMILES string of the molecule is CC1CC(C)CC(OCC(C)(N)C(=O)O)C1. The van der Waals surface area contributed by atoms with Gasteiger partial charge in [-0.2, -0.15) is 0 Å². The van der Waals surface area contributed by atoms with E-state index in [4.69, 9.17) is 15.6 Å². The summed E-state index contributed by atoms with van der Waals surface area (Å²) in [6, 6.07) is 0. The molecule has 0 aliphatic heterocycles. The second-order valence-corrected chi connectivity index (χ2v) is 5.57. The van der Waals surface area contributed by atoms with Gasteiger partial charge in [0.2, 0.25) is 0 Å². The molecular formula is C12H23NO3. The molecule has 16 heavy (non-hydrogen) atoms. The summed E-state index contributed by atoms with van der Waals surface area (Å²) >= 11 is 0. The zero-order valence-corrected chi connectivity index (χ0v) is 10.4. The maximum Gasteiger partial charge on any atom is 0.325 e. The van der Waals surface area contributed by atoms with Gasteiger partial charge in [0.1, 0.15) is 5.54 Å². The fourth-order valence-corrected chi connectivity index (χ4v) is 2.36. The van der Waals surface area contributed by atoms with Crippen LogP contribution in [-0.2, 0) is 9.53 Å². The molecule has 3 N–H and O–H groups in total. The lowest BCUT2D eigenvalue weighted by Crippen LogP contribution is -2.50.